The lowest BCUT2D eigenvalue weighted by Crippen LogP contribution is -2.03. The van der Waals surface area contributed by atoms with Crippen molar-refractivity contribution < 1.29 is 5.11 Å². The molecule has 0 saturated carbocycles. The third-order valence-corrected chi connectivity index (χ3v) is 2.73. The number of para-hydroxylation sites is 1. The van der Waals surface area contributed by atoms with Crippen LogP contribution >= 0.6 is 11.6 Å². The molecule has 3 N–H and O–H groups in total. The standard InChI is InChI=1S/C13H12ClNO/c14-10-7-5-9(6-8-10)13(16)11-3-1-2-4-12(11)15/h1-8,13,16H,15H2/t13-/m1/s1. The van der Waals surface area contributed by atoms with Gasteiger partial charge >= 0.3 is 0 Å². The quantitative estimate of drug-likeness (QED) is 0.784. The third-order valence-electron chi connectivity index (χ3n) is 2.48. The van der Waals surface area contributed by atoms with Gasteiger partial charge in [-0.3, -0.25) is 0 Å². The smallest absolute Gasteiger partial charge is 0.106 e. The van der Waals surface area contributed by atoms with Crippen LogP contribution in [0.5, 0.6) is 0 Å². The van der Waals surface area contributed by atoms with Crippen LogP contribution in [-0.4, -0.2) is 5.11 Å². The Kier molecular flexibility index (Phi) is 3.13. The number of rotatable bonds is 2. The van der Waals surface area contributed by atoms with Crippen molar-refractivity contribution in [1.29, 1.82) is 0 Å². The van der Waals surface area contributed by atoms with E-state index in [0.29, 0.717) is 16.3 Å². The predicted octanol–water partition coefficient (Wildman–Crippen LogP) is 3.00. The molecule has 16 heavy (non-hydrogen) atoms. The van der Waals surface area contributed by atoms with Crippen LogP contribution in [0.2, 0.25) is 5.02 Å². The van der Waals surface area contributed by atoms with Crippen molar-refractivity contribution in [2.24, 2.45) is 0 Å². The molecule has 2 aromatic rings. The maximum atomic E-state index is 10.1. The minimum absolute atomic E-state index is 0.588. The molecule has 82 valence electrons. The third kappa shape index (κ3) is 2.18. The minimum atomic E-state index is -0.710. The topological polar surface area (TPSA) is 46.2 Å². The zero-order valence-corrected chi connectivity index (χ0v) is 9.35. The Bertz CT molecular complexity index is 482. The van der Waals surface area contributed by atoms with E-state index in [1.807, 2.05) is 18.2 Å². The summed E-state index contributed by atoms with van der Waals surface area (Å²) < 4.78 is 0. The molecule has 2 aromatic carbocycles. The summed E-state index contributed by atoms with van der Waals surface area (Å²) in [7, 11) is 0. The van der Waals surface area contributed by atoms with Crippen molar-refractivity contribution in [3.8, 4) is 0 Å². The van der Waals surface area contributed by atoms with E-state index in [-0.39, 0.29) is 0 Å². The number of anilines is 1. The van der Waals surface area contributed by atoms with Crippen molar-refractivity contribution >= 4 is 17.3 Å². The van der Waals surface area contributed by atoms with Gasteiger partial charge in [0.2, 0.25) is 0 Å². The van der Waals surface area contributed by atoms with E-state index in [0.717, 1.165) is 5.56 Å². The van der Waals surface area contributed by atoms with E-state index >= 15 is 0 Å². The second-order valence-corrected chi connectivity index (χ2v) is 4.02. The Morgan fingerprint density at radius 3 is 2.25 bits per heavy atom. The maximum absolute atomic E-state index is 10.1. The SMILES string of the molecule is Nc1ccccc1[C@H](O)c1ccc(Cl)cc1. The average Bonchev–Trinajstić information content (AvgIpc) is 2.30. The van der Waals surface area contributed by atoms with Crippen LogP contribution in [0.1, 0.15) is 17.2 Å². The molecule has 0 bridgehead atoms. The summed E-state index contributed by atoms with van der Waals surface area (Å²) in [5.41, 5.74) is 7.88. The molecule has 0 aliphatic heterocycles. The van der Waals surface area contributed by atoms with Gasteiger partial charge < -0.3 is 10.8 Å². The number of halogens is 1. The summed E-state index contributed by atoms with van der Waals surface area (Å²) in [4.78, 5) is 0. The summed E-state index contributed by atoms with van der Waals surface area (Å²) in [6.07, 6.45) is -0.710. The molecule has 0 unspecified atom stereocenters. The first-order chi connectivity index (χ1) is 7.68. The fourth-order valence-corrected chi connectivity index (χ4v) is 1.71. The molecule has 0 spiro atoms. The molecule has 3 heteroatoms. The summed E-state index contributed by atoms with van der Waals surface area (Å²) >= 11 is 5.79. The van der Waals surface area contributed by atoms with Crippen molar-refractivity contribution in [2.75, 3.05) is 5.73 Å². The molecule has 0 fully saturated rings. The van der Waals surface area contributed by atoms with Crippen LogP contribution in [0.4, 0.5) is 5.69 Å². The number of hydrogen-bond donors (Lipinski definition) is 2. The lowest BCUT2D eigenvalue weighted by atomic mass is 10.0. The highest BCUT2D eigenvalue weighted by Gasteiger charge is 2.12. The molecular weight excluding hydrogens is 222 g/mol. The van der Waals surface area contributed by atoms with E-state index in [1.165, 1.54) is 0 Å². The van der Waals surface area contributed by atoms with Gasteiger partial charge in [-0.2, -0.15) is 0 Å². The van der Waals surface area contributed by atoms with Gasteiger partial charge in [0.25, 0.3) is 0 Å². The zero-order chi connectivity index (χ0) is 11.5. The van der Waals surface area contributed by atoms with Crippen LogP contribution in [0, 0.1) is 0 Å². The first-order valence-electron chi connectivity index (χ1n) is 4.96. The number of nitrogen functional groups attached to an aromatic ring is 1. The Labute approximate surface area is 99.3 Å². The van der Waals surface area contributed by atoms with Gasteiger partial charge in [-0.1, -0.05) is 41.9 Å². The highest BCUT2D eigenvalue weighted by Crippen LogP contribution is 2.26. The molecule has 1 atom stereocenters. The van der Waals surface area contributed by atoms with E-state index in [4.69, 9.17) is 17.3 Å². The Morgan fingerprint density at radius 2 is 1.62 bits per heavy atom. The van der Waals surface area contributed by atoms with Crippen LogP contribution in [0.15, 0.2) is 48.5 Å². The molecule has 0 aliphatic rings. The first kappa shape index (κ1) is 11.0. The van der Waals surface area contributed by atoms with E-state index in [2.05, 4.69) is 0 Å². The fraction of sp³-hybridized carbons (Fsp3) is 0.0769. The van der Waals surface area contributed by atoms with E-state index in [1.54, 1.807) is 30.3 Å². The highest BCUT2D eigenvalue weighted by atomic mass is 35.5. The lowest BCUT2D eigenvalue weighted by Gasteiger charge is -2.13. The number of nitrogens with two attached hydrogens (primary N) is 1. The molecule has 0 heterocycles. The van der Waals surface area contributed by atoms with Gasteiger partial charge in [0.1, 0.15) is 6.10 Å². The highest BCUT2D eigenvalue weighted by molar-refractivity contribution is 6.30. The predicted molar refractivity (Wildman–Crippen MR) is 66.4 cm³/mol. The van der Waals surface area contributed by atoms with Gasteiger partial charge in [0, 0.05) is 16.3 Å². The molecule has 0 saturated heterocycles. The van der Waals surface area contributed by atoms with Crippen LogP contribution in [0.25, 0.3) is 0 Å². The van der Waals surface area contributed by atoms with E-state index in [9.17, 15) is 5.11 Å². The van der Waals surface area contributed by atoms with Crippen molar-refractivity contribution in [3.05, 3.63) is 64.7 Å². The summed E-state index contributed by atoms with van der Waals surface area (Å²) in [6.45, 7) is 0. The van der Waals surface area contributed by atoms with Gasteiger partial charge in [-0.25, -0.2) is 0 Å². The monoisotopic (exact) mass is 233 g/mol. The van der Waals surface area contributed by atoms with Crippen LogP contribution in [-0.2, 0) is 0 Å². The summed E-state index contributed by atoms with van der Waals surface area (Å²) in [6, 6.07) is 14.4. The van der Waals surface area contributed by atoms with Gasteiger partial charge in [-0.05, 0) is 23.8 Å². The maximum Gasteiger partial charge on any atom is 0.106 e. The van der Waals surface area contributed by atoms with Gasteiger partial charge in [0.05, 0.1) is 0 Å². The van der Waals surface area contributed by atoms with E-state index < -0.39 is 6.10 Å². The van der Waals surface area contributed by atoms with Crippen LogP contribution in [0.3, 0.4) is 0 Å². The van der Waals surface area contributed by atoms with Crippen molar-refractivity contribution in [2.45, 2.75) is 6.10 Å². The summed E-state index contributed by atoms with van der Waals surface area (Å²) in [5, 5.41) is 10.8. The Balaban J connectivity index is 2.35. The largest absolute Gasteiger partial charge is 0.398 e. The summed E-state index contributed by atoms with van der Waals surface area (Å²) in [5.74, 6) is 0. The van der Waals surface area contributed by atoms with Crippen molar-refractivity contribution in [3.63, 3.8) is 0 Å². The Hall–Kier alpha value is -1.51. The minimum Gasteiger partial charge on any atom is -0.398 e. The zero-order valence-electron chi connectivity index (χ0n) is 8.60. The van der Waals surface area contributed by atoms with Crippen LogP contribution < -0.4 is 5.73 Å². The number of benzene rings is 2. The first-order valence-corrected chi connectivity index (χ1v) is 5.34. The number of aliphatic hydroxyl groups is 1. The molecule has 0 aromatic heterocycles. The molecule has 0 radical (unpaired) electrons. The molecule has 0 aliphatic carbocycles. The van der Waals surface area contributed by atoms with Gasteiger partial charge in [-0.15, -0.1) is 0 Å². The number of aliphatic hydroxyl groups excluding tert-OH is 1. The van der Waals surface area contributed by atoms with Gasteiger partial charge in [0.15, 0.2) is 0 Å². The lowest BCUT2D eigenvalue weighted by molar-refractivity contribution is 0.221. The fourth-order valence-electron chi connectivity index (χ4n) is 1.58. The second kappa shape index (κ2) is 4.56. The molecule has 0 amide bonds. The molecule has 2 rings (SSSR count). The normalized spacial score (nSPS) is 12.4. The second-order valence-electron chi connectivity index (χ2n) is 3.58. The average molecular weight is 234 g/mol. The number of hydrogen-bond acceptors (Lipinski definition) is 2. The Morgan fingerprint density at radius 1 is 1.00 bits per heavy atom. The molecule has 2 nitrogen and oxygen atoms in total. The molecular formula is C13H12ClNO. The van der Waals surface area contributed by atoms with Crippen molar-refractivity contribution in [1.82, 2.24) is 0 Å².